The van der Waals surface area contributed by atoms with Crippen molar-refractivity contribution in [3.63, 3.8) is 0 Å². The van der Waals surface area contributed by atoms with Gasteiger partial charge in [0.15, 0.2) is 6.61 Å². The zero-order chi connectivity index (χ0) is 18.2. The van der Waals surface area contributed by atoms with Crippen LogP contribution in [0, 0.1) is 6.92 Å². The predicted octanol–water partition coefficient (Wildman–Crippen LogP) is 3.93. The number of ether oxygens (including phenoxy) is 1. The van der Waals surface area contributed by atoms with E-state index in [9.17, 15) is 9.59 Å². The lowest BCUT2D eigenvalue weighted by molar-refractivity contribution is -0.123. The molecule has 2 amide bonds. The molecule has 25 heavy (non-hydrogen) atoms. The highest BCUT2D eigenvalue weighted by Gasteiger charge is 2.07. The van der Waals surface area contributed by atoms with Crippen LogP contribution < -0.4 is 15.4 Å². The van der Waals surface area contributed by atoms with Crippen molar-refractivity contribution >= 4 is 45.0 Å². The van der Waals surface area contributed by atoms with E-state index in [4.69, 9.17) is 16.3 Å². The largest absolute Gasteiger partial charge is 0.484 e. The van der Waals surface area contributed by atoms with Crippen LogP contribution in [-0.4, -0.2) is 25.0 Å². The van der Waals surface area contributed by atoms with Gasteiger partial charge in [-0.05, 0) is 42.8 Å². The summed E-state index contributed by atoms with van der Waals surface area (Å²) in [6.45, 7) is 2.01. The van der Waals surface area contributed by atoms with Crippen molar-refractivity contribution in [3.8, 4) is 5.75 Å². The van der Waals surface area contributed by atoms with E-state index < -0.39 is 0 Å². The molecule has 7 heteroatoms. The van der Waals surface area contributed by atoms with E-state index in [-0.39, 0.29) is 31.4 Å². The Morgan fingerprint density at radius 3 is 2.72 bits per heavy atom. The maximum absolute atomic E-state index is 12.0. The van der Waals surface area contributed by atoms with Gasteiger partial charge >= 0.3 is 0 Å². The number of rotatable bonds is 7. The number of carbonyl (C=O) groups is 2. The third-order valence-electron chi connectivity index (χ3n) is 3.31. The highest BCUT2D eigenvalue weighted by molar-refractivity contribution is 9.10. The topological polar surface area (TPSA) is 67.4 Å². The molecular weight excluding hydrogens is 408 g/mol. The van der Waals surface area contributed by atoms with Crippen LogP contribution in [0.4, 0.5) is 5.69 Å². The molecule has 0 heterocycles. The molecular formula is C18H18BrClN2O3. The zero-order valence-electron chi connectivity index (χ0n) is 13.6. The number of amides is 2. The average Bonchev–Trinajstić information content (AvgIpc) is 2.56. The van der Waals surface area contributed by atoms with Crippen LogP contribution in [0.1, 0.15) is 12.0 Å². The fourth-order valence-corrected chi connectivity index (χ4v) is 2.56. The highest BCUT2D eigenvalue weighted by Crippen LogP contribution is 2.20. The zero-order valence-corrected chi connectivity index (χ0v) is 16.0. The Labute approximate surface area is 159 Å². The summed E-state index contributed by atoms with van der Waals surface area (Å²) in [5, 5.41) is 6.01. The minimum atomic E-state index is -0.300. The van der Waals surface area contributed by atoms with Gasteiger partial charge in [-0.25, -0.2) is 0 Å². The van der Waals surface area contributed by atoms with Gasteiger partial charge in [0, 0.05) is 28.1 Å². The molecule has 0 unspecified atom stereocenters. The Bertz CT molecular complexity index is 768. The van der Waals surface area contributed by atoms with E-state index in [1.807, 2.05) is 25.1 Å². The highest BCUT2D eigenvalue weighted by atomic mass is 79.9. The van der Waals surface area contributed by atoms with Crippen LogP contribution in [0.15, 0.2) is 46.9 Å². The van der Waals surface area contributed by atoms with E-state index in [0.717, 1.165) is 15.7 Å². The number of carbonyl (C=O) groups excluding carboxylic acids is 2. The predicted molar refractivity (Wildman–Crippen MR) is 102 cm³/mol. The van der Waals surface area contributed by atoms with Gasteiger partial charge in [0.05, 0.1) is 0 Å². The molecule has 132 valence electrons. The molecule has 0 fully saturated rings. The molecule has 2 aromatic carbocycles. The normalized spacial score (nSPS) is 10.2. The van der Waals surface area contributed by atoms with Crippen molar-refractivity contribution in [2.24, 2.45) is 0 Å². The summed E-state index contributed by atoms with van der Waals surface area (Å²) in [7, 11) is 0. The molecule has 0 aliphatic carbocycles. The van der Waals surface area contributed by atoms with Crippen molar-refractivity contribution in [2.75, 3.05) is 18.5 Å². The molecule has 0 spiro atoms. The molecule has 0 bridgehead atoms. The minimum Gasteiger partial charge on any atom is -0.484 e. The molecule has 0 atom stereocenters. The molecule has 5 nitrogen and oxygen atoms in total. The minimum absolute atomic E-state index is 0.132. The molecule has 0 aromatic heterocycles. The number of hydrogen-bond acceptors (Lipinski definition) is 3. The Kier molecular flexibility index (Phi) is 7.28. The van der Waals surface area contributed by atoms with Gasteiger partial charge in [0.25, 0.3) is 5.91 Å². The maximum Gasteiger partial charge on any atom is 0.257 e. The lowest BCUT2D eigenvalue weighted by atomic mass is 10.2. The molecule has 2 aromatic rings. The fraction of sp³-hybridized carbons (Fsp3) is 0.222. The van der Waals surface area contributed by atoms with Crippen LogP contribution in [0.5, 0.6) is 5.75 Å². The van der Waals surface area contributed by atoms with Crippen LogP contribution in [-0.2, 0) is 9.59 Å². The van der Waals surface area contributed by atoms with Gasteiger partial charge in [-0.1, -0.05) is 39.7 Å². The summed E-state index contributed by atoms with van der Waals surface area (Å²) >= 11 is 9.21. The van der Waals surface area contributed by atoms with Crippen LogP contribution in [0.2, 0.25) is 5.02 Å². The maximum atomic E-state index is 12.0. The lowest BCUT2D eigenvalue weighted by Crippen LogP contribution is -2.31. The van der Waals surface area contributed by atoms with Crippen LogP contribution >= 0.6 is 27.5 Å². The van der Waals surface area contributed by atoms with Gasteiger partial charge < -0.3 is 15.4 Å². The Morgan fingerprint density at radius 2 is 1.96 bits per heavy atom. The first-order valence-corrected chi connectivity index (χ1v) is 8.82. The van der Waals surface area contributed by atoms with Crippen molar-refractivity contribution < 1.29 is 14.3 Å². The summed E-state index contributed by atoms with van der Waals surface area (Å²) in [5.74, 6) is 0.0502. The van der Waals surface area contributed by atoms with E-state index in [2.05, 4.69) is 26.6 Å². The number of anilines is 1. The first kappa shape index (κ1) is 19.3. The third-order valence-corrected chi connectivity index (χ3v) is 4.04. The Morgan fingerprint density at radius 1 is 1.16 bits per heavy atom. The van der Waals surface area contributed by atoms with E-state index in [1.165, 1.54) is 0 Å². The summed E-state index contributed by atoms with van der Waals surface area (Å²) in [4.78, 5) is 23.7. The van der Waals surface area contributed by atoms with Gasteiger partial charge in [-0.15, -0.1) is 0 Å². The Hall–Kier alpha value is -2.05. The summed E-state index contributed by atoms with van der Waals surface area (Å²) < 4.78 is 6.22. The second-order valence-corrected chi connectivity index (χ2v) is 6.71. The van der Waals surface area contributed by atoms with Crippen molar-refractivity contribution in [3.05, 3.63) is 57.5 Å². The standard InChI is InChI=1S/C18H18BrClN2O3/c1-12-5-6-13(19)9-16(12)22-17(23)7-8-21-18(24)11-25-15-4-2-3-14(20)10-15/h2-6,9-10H,7-8,11H2,1H3,(H,21,24)(H,22,23). The van der Waals surface area contributed by atoms with E-state index in [1.54, 1.807) is 24.3 Å². The SMILES string of the molecule is Cc1ccc(Br)cc1NC(=O)CCNC(=O)COc1cccc(Cl)c1. The van der Waals surface area contributed by atoms with Gasteiger partial charge in [-0.3, -0.25) is 9.59 Å². The molecule has 2 N–H and O–H groups in total. The number of nitrogens with one attached hydrogen (secondary N) is 2. The Balaban J connectivity index is 1.70. The van der Waals surface area contributed by atoms with Gasteiger partial charge in [-0.2, -0.15) is 0 Å². The molecule has 0 aliphatic rings. The van der Waals surface area contributed by atoms with Crippen molar-refractivity contribution in [1.82, 2.24) is 5.32 Å². The number of benzene rings is 2. The monoisotopic (exact) mass is 424 g/mol. The van der Waals surface area contributed by atoms with Crippen molar-refractivity contribution in [1.29, 1.82) is 0 Å². The second kappa shape index (κ2) is 9.44. The van der Waals surface area contributed by atoms with Crippen LogP contribution in [0.3, 0.4) is 0 Å². The number of aryl methyl sites for hydroxylation is 1. The first-order chi connectivity index (χ1) is 11.9. The fourth-order valence-electron chi connectivity index (χ4n) is 2.01. The van der Waals surface area contributed by atoms with E-state index in [0.29, 0.717) is 10.8 Å². The van der Waals surface area contributed by atoms with Crippen LogP contribution in [0.25, 0.3) is 0 Å². The molecule has 0 saturated carbocycles. The molecule has 0 aliphatic heterocycles. The lowest BCUT2D eigenvalue weighted by Gasteiger charge is -2.10. The summed E-state index contributed by atoms with van der Waals surface area (Å²) in [5.41, 5.74) is 1.71. The average molecular weight is 426 g/mol. The smallest absolute Gasteiger partial charge is 0.257 e. The second-order valence-electron chi connectivity index (χ2n) is 5.35. The quantitative estimate of drug-likeness (QED) is 0.706. The first-order valence-electron chi connectivity index (χ1n) is 7.65. The summed E-state index contributed by atoms with van der Waals surface area (Å²) in [6.07, 6.45) is 0.175. The van der Waals surface area contributed by atoms with E-state index >= 15 is 0 Å². The van der Waals surface area contributed by atoms with Crippen molar-refractivity contribution in [2.45, 2.75) is 13.3 Å². The number of hydrogen-bond donors (Lipinski definition) is 2. The van der Waals surface area contributed by atoms with Gasteiger partial charge in [0.2, 0.25) is 5.91 Å². The molecule has 0 radical (unpaired) electrons. The third kappa shape index (κ3) is 6.76. The summed E-state index contributed by atoms with van der Waals surface area (Å²) in [6, 6.07) is 12.5. The molecule has 0 saturated heterocycles. The molecule has 2 rings (SSSR count). The number of halogens is 2. The van der Waals surface area contributed by atoms with Gasteiger partial charge in [0.1, 0.15) is 5.75 Å².